The van der Waals surface area contributed by atoms with Crippen LogP contribution in [0.15, 0.2) is 30.3 Å². The Morgan fingerprint density at radius 1 is 1.00 bits per heavy atom. The van der Waals surface area contributed by atoms with Gasteiger partial charge in [0.05, 0.1) is 31.3 Å². The van der Waals surface area contributed by atoms with Crippen molar-refractivity contribution in [2.75, 3.05) is 11.1 Å². The highest BCUT2D eigenvalue weighted by Gasteiger charge is 2.14. The molecule has 104 valence electrons. The number of nitrogens with two attached hydrogens (primary N) is 1. The van der Waals surface area contributed by atoms with Crippen LogP contribution >= 0.6 is 46.4 Å². The molecule has 0 aliphatic rings. The summed E-state index contributed by atoms with van der Waals surface area (Å²) in [6.45, 7) is 0. The van der Waals surface area contributed by atoms with Gasteiger partial charge in [0.25, 0.3) is 5.91 Å². The van der Waals surface area contributed by atoms with Gasteiger partial charge in [0.2, 0.25) is 0 Å². The van der Waals surface area contributed by atoms with Crippen molar-refractivity contribution in [3.63, 3.8) is 0 Å². The van der Waals surface area contributed by atoms with E-state index in [4.69, 9.17) is 52.1 Å². The smallest absolute Gasteiger partial charge is 0.257 e. The van der Waals surface area contributed by atoms with E-state index in [0.29, 0.717) is 10.7 Å². The van der Waals surface area contributed by atoms with Gasteiger partial charge >= 0.3 is 0 Å². The SMILES string of the molecule is Nc1c(Cl)cc(NC(=O)c2cccc(Cl)c2Cl)cc1Cl. The topological polar surface area (TPSA) is 55.1 Å². The Morgan fingerprint density at radius 3 is 2.20 bits per heavy atom. The molecule has 0 heterocycles. The van der Waals surface area contributed by atoms with Gasteiger partial charge in [-0.05, 0) is 24.3 Å². The van der Waals surface area contributed by atoms with Crippen LogP contribution in [0, 0.1) is 0 Å². The zero-order valence-electron chi connectivity index (χ0n) is 9.88. The second-order valence-electron chi connectivity index (χ2n) is 3.91. The lowest BCUT2D eigenvalue weighted by Gasteiger charge is -2.10. The number of halogens is 4. The Labute approximate surface area is 135 Å². The summed E-state index contributed by atoms with van der Waals surface area (Å²) in [5.74, 6) is -0.422. The molecule has 7 heteroatoms. The molecule has 1 amide bonds. The summed E-state index contributed by atoms with van der Waals surface area (Å²) in [4.78, 5) is 12.1. The molecular formula is C13H8Cl4N2O. The van der Waals surface area contributed by atoms with Crippen molar-refractivity contribution in [2.24, 2.45) is 0 Å². The van der Waals surface area contributed by atoms with Crippen LogP contribution in [-0.2, 0) is 0 Å². The normalized spacial score (nSPS) is 10.4. The molecule has 2 aromatic rings. The van der Waals surface area contributed by atoms with E-state index >= 15 is 0 Å². The molecule has 0 spiro atoms. The minimum Gasteiger partial charge on any atom is -0.396 e. The highest BCUT2D eigenvalue weighted by Crippen LogP contribution is 2.32. The van der Waals surface area contributed by atoms with Gasteiger partial charge in [-0.2, -0.15) is 0 Å². The average molecular weight is 350 g/mol. The van der Waals surface area contributed by atoms with Crippen LogP contribution in [0.1, 0.15) is 10.4 Å². The number of anilines is 2. The predicted molar refractivity (Wildman–Crippen MR) is 85.3 cm³/mol. The maximum absolute atomic E-state index is 12.1. The van der Waals surface area contributed by atoms with Gasteiger partial charge < -0.3 is 11.1 Å². The quantitative estimate of drug-likeness (QED) is 0.738. The first-order valence-electron chi connectivity index (χ1n) is 5.40. The lowest BCUT2D eigenvalue weighted by Crippen LogP contribution is -2.12. The molecule has 0 bridgehead atoms. The van der Waals surface area contributed by atoms with E-state index in [2.05, 4.69) is 5.32 Å². The average Bonchev–Trinajstić information content (AvgIpc) is 2.39. The second-order valence-corrected chi connectivity index (χ2v) is 5.51. The highest BCUT2D eigenvalue weighted by molar-refractivity contribution is 6.44. The summed E-state index contributed by atoms with van der Waals surface area (Å²) in [5.41, 5.74) is 6.54. The Bertz CT molecular complexity index is 665. The van der Waals surface area contributed by atoms with Crippen molar-refractivity contribution < 1.29 is 4.79 Å². The summed E-state index contributed by atoms with van der Waals surface area (Å²) in [5, 5.41) is 3.62. The van der Waals surface area contributed by atoms with Crippen molar-refractivity contribution >= 4 is 63.7 Å². The van der Waals surface area contributed by atoms with Gasteiger partial charge in [-0.1, -0.05) is 52.5 Å². The zero-order chi connectivity index (χ0) is 14.9. The first-order chi connectivity index (χ1) is 9.40. The lowest BCUT2D eigenvalue weighted by molar-refractivity contribution is 0.102. The van der Waals surface area contributed by atoms with Crippen molar-refractivity contribution in [1.82, 2.24) is 0 Å². The third-order valence-corrected chi connectivity index (χ3v) is 3.98. The molecule has 3 nitrogen and oxygen atoms in total. The molecule has 0 radical (unpaired) electrons. The fourth-order valence-corrected chi connectivity index (χ4v) is 2.41. The minimum absolute atomic E-state index is 0.180. The minimum atomic E-state index is -0.422. The number of amides is 1. The molecular weight excluding hydrogens is 342 g/mol. The van der Waals surface area contributed by atoms with Gasteiger partial charge in [0, 0.05) is 5.69 Å². The highest BCUT2D eigenvalue weighted by atomic mass is 35.5. The summed E-state index contributed by atoms with van der Waals surface area (Å²) >= 11 is 23.6. The number of benzene rings is 2. The van der Waals surface area contributed by atoms with Gasteiger partial charge in [0.15, 0.2) is 0 Å². The molecule has 0 atom stereocenters. The first kappa shape index (κ1) is 15.3. The van der Waals surface area contributed by atoms with Crippen molar-refractivity contribution in [2.45, 2.75) is 0 Å². The Balaban J connectivity index is 2.30. The van der Waals surface area contributed by atoms with Crippen LogP contribution in [0.2, 0.25) is 20.1 Å². The summed E-state index contributed by atoms with van der Waals surface area (Å²) < 4.78 is 0. The summed E-state index contributed by atoms with van der Waals surface area (Å²) in [7, 11) is 0. The third kappa shape index (κ3) is 3.13. The maximum atomic E-state index is 12.1. The Morgan fingerprint density at radius 2 is 1.60 bits per heavy atom. The second kappa shape index (κ2) is 6.10. The summed E-state index contributed by atoms with van der Waals surface area (Å²) in [6, 6.07) is 7.78. The number of carbonyl (C=O) groups excluding carboxylic acids is 1. The Kier molecular flexibility index (Phi) is 4.66. The summed E-state index contributed by atoms with van der Waals surface area (Å²) in [6.07, 6.45) is 0. The Hall–Kier alpha value is -1.13. The monoisotopic (exact) mass is 348 g/mol. The fourth-order valence-electron chi connectivity index (χ4n) is 1.53. The van der Waals surface area contributed by atoms with E-state index in [1.807, 2.05) is 0 Å². The number of nitrogens with one attached hydrogen (secondary N) is 1. The largest absolute Gasteiger partial charge is 0.396 e. The number of hydrogen-bond donors (Lipinski definition) is 2. The van der Waals surface area contributed by atoms with Crippen molar-refractivity contribution in [3.05, 3.63) is 56.0 Å². The molecule has 0 fully saturated rings. The number of nitrogen functional groups attached to an aromatic ring is 1. The van der Waals surface area contributed by atoms with E-state index in [1.165, 1.54) is 12.1 Å². The third-order valence-electron chi connectivity index (χ3n) is 2.53. The van der Waals surface area contributed by atoms with Crippen LogP contribution in [0.25, 0.3) is 0 Å². The molecule has 0 saturated heterocycles. The predicted octanol–water partition coefficient (Wildman–Crippen LogP) is 5.13. The van der Waals surface area contributed by atoms with Crippen LogP contribution in [0.3, 0.4) is 0 Å². The molecule has 3 N–H and O–H groups in total. The number of carbonyl (C=O) groups is 1. The van der Waals surface area contributed by atoms with E-state index < -0.39 is 5.91 Å². The van der Waals surface area contributed by atoms with Gasteiger partial charge in [-0.3, -0.25) is 4.79 Å². The molecule has 20 heavy (non-hydrogen) atoms. The van der Waals surface area contributed by atoms with E-state index in [-0.39, 0.29) is 26.3 Å². The first-order valence-corrected chi connectivity index (χ1v) is 6.91. The molecule has 0 saturated carbocycles. The standard InChI is InChI=1S/C13H8Cl4N2O/c14-8-3-1-2-7(11(8)17)13(20)19-6-4-9(15)12(18)10(16)5-6/h1-5H,18H2,(H,19,20). The number of hydrogen-bond acceptors (Lipinski definition) is 2. The molecule has 2 rings (SSSR count). The molecule has 0 unspecified atom stereocenters. The van der Waals surface area contributed by atoms with Crippen LogP contribution in [0.5, 0.6) is 0 Å². The van der Waals surface area contributed by atoms with Crippen LogP contribution < -0.4 is 11.1 Å². The van der Waals surface area contributed by atoms with Gasteiger partial charge in [-0.25, -0.2) is 0 Å². The van der Waals surface area contributed by atoms with Crippen molar-refractivity contribution in [1.29, 1.82) is 0 Å². The van der Waals surface area contributed by atoms with Gasteiger partial charge in [-0.15, -0.1) is 0 Å². The zero-order valence-corrected chi connectivity index (χ0v) is 12.9. The van der Waals surface area contributed by atoms with Crippen molar-refractivity contribution in [3.8, 4) is 0 Å². The van der Waals surface area contributed by atoms with E-state index in [9.17, 15) is 4.79 Å². The number of rotatable bonds is 2. The van der Waals surface area contributed by atoms with Gasteiger partial charge in [0.1, 0.15) is 0 Å². The molecule has 0 aromatic heterocycles. The fraction of sp³-hybridized carbons (Fsp3) is 0. The van der Waals surface area contributed by atoms with E-state index in [0.717, 1.165) is 0 Å². The van der Waals surface area contributed by atoms with Crippen LogP contribution in [0.4, 0.5) is 11.4 Å². The molecule has 2 aromatic carbocycles. The maximum Gasteiger partial charge on any atom is 0.257 e. The lowest BCUT2D eigenvalue weighted by atomic mass is 10.2. The van der Waals surface area contributed by atoms with E-state index in [1.54, 1.807) is 18.2 Å². The van der Waals surface area contributed by atoms with Crippen LogP contribution in [-0.4, -0.2) is 5.91 Å². The molecule has 0 aliphatic carbocycles. The molecule has 0 aliphatic heterocycles.